The van der Waals surface area contributed by atoms with Crippen LogP contribution in [0.25, 0.3) is 0 Å². The summed E-state index contributed by atoms with van der Waals surface area (Å²) in [5.74, 6) is 1.50. The summed E-state index contributed by atoms with van der Waals surface area (Å²) < 4.78 is 10.6. The highest BCUT2D eigenvalue weighted by Gasteiger charge is 2.16. The van der Waals surface area contributed by atoms with E-state index in [9.17, 15) is 0 Å². The lowest BCUT2D eigenvalue weighted by Crippen LogP contribution is -2.14. The van der Waals surface area contributed by atoms with Crippen LogP contribution < -0.4 is 10.5 Å². The number of rotatable bonds is 3. The van der Waals surface area contributed by atoms with Crippen molar-refractivity contribution in [1.82, 2.24) is 0 Å². The summed E-state index contributed by atoms with van der Waals surface area (Å²) in [4.78, 5) is 0. The van der Waals surface area contributed by atoms with E-state index in [0.717, 1.165) is 37.4 Å². The van der Waals surface area contributed by atoms with Gasteiger partial charge in [-0.15, -0.1) is 0 Å². The van der Waals surface area contributed by atoms with Crippen molar-refractivity contribution < 1.29 is 9.47 Å². The van der Waals surface area contributed by atoms with Gasteiger partial charge in [0.2, 0.25) is 0 Å². The second-order valence-corrected chi connectivity index (χ2v) is 4.16. The van der Waals surface area contributed by atoms with Crippen LogP contribution in [0.15, 0.2) is 18.2 Å². The number of benzene rings is 1. The third-order valence-electron chi connectivity index (χ3n) is 3.22. The van der Waals surface area contributed by atoms with Gasteiger partial charge in [-0.2, -0.15) is 0 Å². The Hall–Kier alpha value is -1.06. The third kappa shape index (κ3) is 2.36. The predicted octanol–water partition coefficient (Wildman–Crippen LogP) is 2.05. The number of methoxy groups -OCH3 is 1. The summed E-state index contributed by atoms with van der Waals surface area (Å²) in [6.45, 7) is 2.27. The Kier molecular flexibility index (Phi) is 3.80. The molecule has 1 aliphatic heterocycles. The van der Waals surface area contributed by atoms with Crippen molar-refractivity contribution in [1.29, 1.82) is 0 Å². The van der Waals surface area contributed by atoms with Crippen molar-refractivity contribution in [2.45, 2.75) is 25.3 Å². The molecule has 88 valence electrons. The third-order valence-corrected chi connectivity index (χ3v) is 3.22. The Morgan fingerprint density at radius 1 is 1.38 bits per heavy atom. The van der Waals surface area contributed by atoms with E-state index >= 15 is 0 Å². The highest BCUT2D eigenvalue weighted by molar-refractivity contribution is 5.38. The fraction of sp³-hybridized carbons (Fsp3) is 0.538. The molecule has 1 aromatic rings. The molecule has 1 aliphatic rings. The Balaban J connectivity index is 2.20. The zero-order valence-corrected chi connectivity index (χ0v) is 9.74. The van der Waals surface area contributed by atoms with E-state index in [1.54, 1.807) is 7.11 Å². The van der Waals surface area contributed by atoms with Crippen molar-refractivity contribution in [3.05, 3.63) is 29.3 Å². The zero-order chi connectivity index (χ0) is 11.4. The molecule has 0 radical (unpaired) electrons. The highest BCUT2D eigenvalue weighted by Crippen LogP contribution is 2.30. The summed E-state index contributed by atoms with van der Waals surface area (Å²) in [6.07, 6.45) is 2.21. The van der Waals surface area contributed by atoms with Gasteiger partial charge >= 0.3 is 0 Å². The number of hydrogen-bond acceptors (Lipinski definition) is 3. The minimum atomic E-state index is 0.528. The van der Waals surface area contributed by atoms with Gasteiger partial charge in [-0.1, -0.05) is 12.1 Å². The van der Waals surface area contributed by atoms with E-state index in [4.69, 9.17) is 15.2 Å². The van der Waals surface area contributed by atoms with Gasteiger partial charge < -0.3 is 15.2 Å². The molecule has 16 heavy (non-hydrogen) atoms. The first kappa shape index (κ1) is 11.4. The van der Waals surface area contributed by atoms with Gasteiger partial charge in [-0.05, 0) is 30.4 Å². The molecule has 1 saturated heterocycles. The van der Waals surface area contributed by atoms with Crippen LogP contribution in [0, 0.1) is 0 Å². The molecular formula is C13H19NO2. The molecule has 0 bridgehead atoms. The summed E-state index contributed by atoms with van der Waals surface area (Å²) >= 11 is 0. The van der Waals surface area contributed by atoms with E-state index < -0.39 is 0 Å². The van der Waals surface area contributed by atoms with Gasteiger partial charge in [0.25, 0.3) is 0 Å². The summed E-state index contributed by atoms with van der Waals surface area (Å²) in [5.41, 5.74) is 8.17. The van der Waals surface area contributed by atoms with Crippen molar-refractivity contribution in [3.8, 4) is 5.75 Å². The largest absolute Gasteiger partial charge is 0.496 e. The van der Waals surface area contributed by atoms with E-state index in [0.29, 0.717) is 12.5 Å². The Morgan fingerprint density at radius 3 is 2.75 bits per heavy atom. The minimum Gasteiger partial charge on any atom is -0.496 e. The molecule has 1 heterocycles. The molecule has 2 rings (SSSR count). The molecule has 3 nitrogen and oxygen atoms in total. The number of nitrogens with two attached hydrogens (primary N) is 1. The van der Waals surface area contributed by atoms with E-state index in [-0.39, 0.29) is 0 Å². The van der Waals surface area contributed by atoms with Gasteiger partial charge in [-0.25, -0.2) is 0 Å². The Bertz CT molecular complexity index is 346. The molecule has 0 unspecified atom stereocenters. The van der Waals surface area contributed by atoms with Crippen LogP contribution in [-0.2, 0) is 11.3 Å². The lowest BCUT2D eigenvalue weighted by atomic mass is 9.90. The fourth-order valence-electron chi connectivity index (χ4n) is 2.24. The number of hydrogen-bond donors (Lipinski definition) is 1. The maximum atomic E-state index is 5.72. The highest BCUT2D eigenvalue weighted by atomic mass is 16.5. The van der Waals surface area contributed by atoms with Crippen molar-refractivity contribution in [2.24, 2.45) is 5.73 Å². The lowest BCUT2D eigenvalue weighted by molar-refractivity contribution is 0.0853. The van der Waals surface area contributed by atoms with Crippen molar-refractivity contribution in [3.63, 3.8) is 0 Å². The molecule has 0 aliphatic carbocycles. The smallest absolute Gasteiger partial charge is 0.123 e. The summed E-state index contributed by atoms with van der Waals surface area (Å²) in [7, 11) is 1.68. The molecule has 1 aromatic carbocycles. The summed E-state index contributed by atoms with van der Waals surface area (Å²) in [6, 6.07) is 6.34. The zero-order valence-electron chi connectivity index (χ0n) is 9.74. The van der Waals surface area contributed by atoms with E-state index in [2.05, 4.69) is 12.1 Å². The van der Waals surface area contributed by atoms with E-state index in [1.807, 2.05) is 6.07 Å². The van der Waals surface area contributed by atoms with Crippen LogP contribution in [0.4, 0.5) is 0 Å². The molecule has 1 fully saturated rings. The first-order valence-corrected chi connectivity index (χ1v) is 5.79. The molecule has 0 amide bonds. The first-order valence-electron chi connectivity index (χ1n) is 5.79. The van der Waals surface area contributed by atoms with Crippen molar-refractivity contribution in [2.75, 3.05) is 20.3 Å². The van der Waals surface area contributed by atoms with Crippen LogP contribution in [0.2, 0.25) is 0 Å². The van der Waals surface area contributed by atoms with Crippen LogP contribution in [-0.4, -0.2) is 20.3 Å². The SMILES string of the molecule is COc1ccc(C2CCOCC2)cc1CN. The molecule has 0 aromatic heterocycles. The average Bonchev–Trinajstić information content (AvgIpc) is 2.39. The standard InChI is InChI=1S/C13H19NO2/c1-15-13-3-2-11(8-12(13)9-14)10-4-6-16-7-5-10/h2-3,8,10H,4-7,9,14H2,1H3. The molecule has 3 heteroatoms. The maximum absolute atomic E-state index is 5.72. The van der Waals surface area contributed by atoms with Gasteiger partial charge in [-0.3, -0.25) is 0 Å². The van der Waals surface area contributed by atoms with Gasteiger partial charge in [0.1, 0.15) is 5.75 Å². The van der Waals surface area contributed by atoms with E-state index in [1.165, 1.54) is 5.56 Å². The second kappa shape index (κ2) is 5.32. The molecule has 0 atom stereocenters. The van der Waals surface area contributed by atoms with Gasteiger partial charge in [0.15, 0.2) is 0 Å². The van der Waals surface area contributed by atoms with Gasteiger partial charge in [0.05, 0.1) is 7.11 Å². The van der Waals surface area contributed by atoms with Crippen LogP contribution in [0.3, 0.4) is 0 Å². The average molecular weight is 221 g/mol. The lowest BCUT2D eigenvalue weighted by Gasteiger charge is -2.23. The van der Waals surface area contributed by atoms with Gasteiger partial charge in [0, 0.05) is 25.3 Å². The van der Waals surface area contributed by atoms with Crippen LogP contribution in [0.1, 0.15) is 29.9 Å². The normalized spacial score (nSPS) is 17.4. The molecular weight excluding hydrogens is 202 g/mol. The maximum Gasteiger partial charge on any atom is 0.123 e. The van der Waals surface area contributed by atoms with Crippen molar-refractivity contribution >= 4 is 0 Å². The Morgan fingerprint density at radius 2 is 2.12 bits per heavy atom. The fourth-order valence-corrected chi connectivity index (χ4v) is 2.24. The predicted molar refractivity (Wildman–Crippen MR) is 63.7 cm³/mol. The molecule has 0 saturated carbocycles. The molecule has 2 N–H and O–H groups in total. The van der Waals surface area contributed by atoms with Crippen LogP contribution in [0.5, 0.6) is 5.75 Å². The van der Waals surface area contributed by atoms with Crippen LogP contribution >= 0.6 is 0 Å². The molecule has 0 spiro atoms. The Labute approximate surface area is 96.5 Å². The second-order valence-electron chi connectivity index (χ2n) is 4.16. The number of ether oxygens (including phenoxy) is 2. The monoisotopic (exact) mass is 221 g/mol. The minimum absolute atomic E-state index is 0.528. The summed E-state index contributed by atoms with van der Waals surface area (Å²) in [5, 5.41) is 0. The quantitative estimate of drug-likeness (QED) is 0.849. The first-order chi connectivity index (χ1) is 7.85. The topological polar surface area (TPSA) is 44.5 Å².